The van der Waals surface area contributed by atoms with Gasteiger partial charge < -0.3 is 4.74 Å². The topological polar surface area (TPSA) is 9.23 Å². The van der Waals surface area contributed by atoms with Crippen LogP contribution in [0.2, 0.25) is 0 Å². The first-order valence-corrected chi connectivity index (χ1v) is 5.45. The summed E-state index contributed by atoms with van der Waals surface area (Å²) in [6.45, 7) is 0. The molecule has 1 heteroatoms. The van der Waals surface area contributed by atoms with E-state index in [2.05, 4.69) is 36.4 Å². The van der Waals surface area contributed by atoms with Crippen molar-refractivity contribution in [1.82, 2.24) is 0 Å². The van der Waals surface area contributed by atoms with Crippen LogP contribution in [0, 0.1) is 0 Å². The molecule has 0 heterocycles. The van der Waals surface area contributed by atoms with Crippen LogP contribution in [0.1, 0.15) is 24.3 Å². The first-order valence-electron chi connectivity index (χ1n) is 5.45. The molecule has 76 valence electrons. The molecule has 0 aliphatic heterocycles. The van der Waals surface area contributed by atoms with E-state index in [0.717, 1.165) is 11.7 Å². The molecule has 0 bridgehead atoms. The van der Waals surface area contributed by atoms with E-state index in [4.69, 9.17) is 4.74 Å². The standard InChI is InChI=1S/C14H14O/c1-15-14-9-12-5-3-2-4-11(12)8-13(14)10-6-7-10/h2-5,8-10H,6-7H2,1H3. The van der Waals surface area contributed by atoms with Gasteiger partial charge in [0.2, 0.25) is 0 Å². The summed E-state index contributed by atoms with van der Waals surface area (Å²) in [4.78, 5) is 0. The van der Waals surface area contributed by atoms with Crippen LogP contribution in [0.15, 0.2) is 36.4 Å². The zero-order chi connectivity index (χ0) is 10.3. The lowest BCUT2D eigenvalue weighted by atomic mass is 10.0. The number of fused-ring (bicyclic) bond motifs is 1. The summed E-state index contributed by atoms with van der Waals surface area (Å²) >= 11 is 0. The highest BCUT2D eigenvalue weighted by atomic mass is 16.5. The fourth-order valence-electron chi connectivity index (χ4n) is 2.13. The van der Waals surface area contributed by atoms with Gasteiger partial charge in [0.1, 0.15) is 5.75 Å². The van der Waals surface area contributed by atoms with Gasteiger partial charge in [0.25, 0.3) is 0 Å². The van der Waals surface area contributed by atoms with E-state index >= 15 is 0 Å². The molecular formula is C14H14O. The molecule has 0 radical (unpaired) electrons. The Balaban J connectivity index is 2.24. The average molecular weight is 198 g/mol. The van der Waals surface area contributed by atoms with E-state index in [9.17, 15) is 0 Å². The molecule has 1 aliphatic carbocycles. The maximum Gasteiger partial charge on any atom is 0.122 e. The van der Waals surface area contributed by atoms with Gasteiger partial charge in [0, 0.05) is 0 Å². The van der Waals surface area contributed by atoms with E-state index in [1.54, 1.807) is 7.11 Å². The first kappa shape index (κ1) is 8.78. The average Bonchev–Trinajstić information content (AvgIpc) is 3.11. The smallest absolute Gasteiger partial charge is 0.122 e. The lowest BCUT2D eigenvalue weighted by Gasteiger charge is -2.09. The lowest BCUT2D eigenvalue weighted by Crippen LogP contribution is -1.90. The van der Waals surface area contributed by atoms with Crippen LogP contribution in [0.25, 0.3) is 10.8 Å². The van der Waals surface area contributed by atoms with Crippen LogP contribution in [0.3, 0.4) is 0 Å². The highest BCUT2D eigenvalue weighted by Crippen LogP contribution is 2.45. The van der Waals surface area contributed by atoms with Crippen molar-refractivity contribution in [1.29, 1.82) is 0 Å². The zero-order valence-electron chi connectivity index (χ0n) is 8.86. The molecule has 0 atom stereocenters. The summed E-state index contributed by atoms with van der Waals surface area (Å²) in [6, 6.07) is 12.9. The second-order valence-electron chi connectivity index (χ2n) is 4.22. The van der Waals surface area contributed by atoms with Gasteiger partial charge in [0.05, 0.1) is 7.11 Å². The zero-order valence-corrected chi connectivity index (χ0v) is 8.86. The SMILES string of the molecule is COc1cc2ccccc2cc1C1CC1. The van der Waals surface area contributed by atoms with Gasteiger partial charge in [-0.25, -0.2) is 0 Å². The molecule has 0 unspecified atom stereocenters. The summed E-state index contributed by atoms with van der Waals surface area (Å²) < 4.78 is 5.45. The second kappa shape index (κ2) is 3.27. The molecule has 0 spiro atoms. The number of ether oxygens (including phenoxy) is 1. The van der Waals surface area contributed by atoms with Crippen LogP contribution < -0.4 is 4.74 Å². The third kappa shape index (κ3) is 1.48. The molecule has 2 aromatic rings. The maximum absolute atomic E-state index is 5.45. The maximum atomic E-state index is 5.45. The molecule has 2 aromatic carbocycles. The molecule has 0 saturated heterocycles. The largest absolute Gasteiger partial charge is 0.496 e. The van der Waals surface area contributed by atoms with Crippen molar-refractivity contribution in [2.45, 2.75) is 18.8 Å². The first-order chi connectivity index (χ1) is 7.38. The van der Waals surface area contributed by atoms with Gasteiger partial charge in [0.15, 0.2) is 0 Å². The van der Waals surface area contributed by atoms with Gasteiger partial charge in [-0.3, -0.25) is 0 Å². The molecule has 1 nitrogen and oxygen atoms in total. The minimum absolute atomic E-state index is 0.740. The summed E-state index contributed by atoms with van der Waals surface area (Å²) in [5, 5.41) is 2.58. The van der Waals surface area contributed by atoms with E-state index in [0.29, 0.717) is 0 Å². The van der Waals surface area contributed by atoms with Gasteiger partial charge in [-0.05, 0) is 47.2 Å². The third-order valence-corrected chi connectivity index (χ3v) is 3.12. The summed E-state index contributed by atoms with van der Waals surface area (Å²) in [5.74, 6) is 1.79. The van der Waals surface area contributed by atoms with Crippen molar-refractivity contribution in [3.8, 4) is 5.75 Å². The second-order valence-corrected chi connectivity index (χ2v) is 4.22. The van der Waals surface area contributed by atoms with Crippen LogP contribution >= 0.6 is 0 Å². The van der Waals surface area contributed by atoms with E-state index in [-0.39, 0.29) is 0 Å². The number of methoxy groups -OCH3 is 1. The monoisotopic (exact) mass is 198 g/mol. The Labute approximate surface area is 89.7 Å². The van der Waals surface area contributed by atoms with Crippen molar-refractivity contribution >= 4 is 10.8 Å². The lowest BCUT2D eigenvalue weighted by molar-refractivity contribution is 0.410. The van der Waals surface area contributed by atoms with Crippen LogP contribution in [0.4, 0.5) is 0 Å². The van der Waals surface area contributed by atoms with Crippen molar-refractivity contribution in [3.63, 3.8) is 0 Å². The molecule has 0 aromatic heterocycles. The Morgan fingerprint density at radius 1 is 1.07 bits per heavy atom. The van der Waals surface area contributed by atoms with Crippen LogP contribution in [0.5, 0.6) is 5.75 Å². The van der Waals surface area contributed by atoms with Crippen molar-refractivity contribution < 1.29 is 4.74 Å². The van der Waals surface area contributed by atoms with Gasteiger partial charge in [-0.15, -0.1) is 0 Å². The summed E-state index contributed by atoms with van der Waals surface area (Å²) in [7, 11) is 1.76. The number of rotatable bonds is 2. The van der Waals surface area contributed by atoms with Crippen LogP contribution in [-0.4, -0.2) is 7.11 Å². The Kier molecular flexibility index (Phi) is 1.91. The van der Waals surface area contributed by atoms with Crippen molar-refractivity contribution in [2.24, 2.45) is 0 Å². The Morgan fingerprint density at radius 3 is 2.33 bits per heavy atom. The molecule has 0 N–H and O–H groups in total. The number of benzene rings is 2. The Bertz CT molecular complexity index is 498. The Hall–Kier alpha value is -1.50. The van der Waals surface area contributed by atoms with Crippen LogP contribution in [-0.2, 0) is 0 Å². The Morgan fingerprint density at radius 2 is 1.73 bits per heavy atom. The van der Waals surface area contributed by atoms with Gasteiger partial charge in [-0.1, -0.05) is 24.3 Å². The highest BCUT2D eigenvalue weighted by molar-refractivity contribution is 5.85. The normalized spacial score (nSPS) is 15.5. The van der Waals surface area contributed by atoms with E-state index < -0.39 is 0 Å². The minimum Gasteiger partial charge on any atom is -0.496 e. The van der Waals surface area contributed by atoms with Crippen molar-refractivity contribution in [3.05, 3.63) is 42.0 Å². The fourth-order valence-corrected chi connectivity index (χ4v) is 2.13. The molecule has 1 fully saturated rings. The minimum atomic E-state index is 0.740. The molecule has 15 heavy (non-hydrogen) atoms. The van der Waals surface area contributed by atoms with E-state index in [1.165, 1.54) is 29.2 Å². The molecule has 3 rings (SSSR count). The molecule has 0 amide bonds. The molecular weight excluding hydrogens is 184 g/mol. The predicted molar refractivity (Wildman–Crippen MR) is 62.5 cm³/mol. The summed E-state index contributed by atoms with van der Waals surface area (Å²) in [5.41, 5.74) is 1.39. The molecule has 1 saturated carbocycles. The number of hydrogen-bond acceptors (Lipinski definition) is 1. The third-order valence-electron chi connectivity index (χ3n) is 3.12. The quantitative estimate of drug-likeness (QED) is 0.714. The van der Waals surface area contributed by atoms with Gasteiger partial charge >= 0.3 is 0 Å². The predicted octanol–water partition coefficient (Wildman–Crippen LogP) is 3.73. The fraction of sp³-hybridized carbons (Fsp3) is 0.286. The molecule has 1 aliphatic rings. The van der Waals surface area contributed by atoms with Crippen molar-refractivity contribution in [2.75, 3.05) is 7.11 Å². The van der Waals surface area contributed by atoms with E-state index in [1.807, 2.05) is 0 Å². The number of hydrogen-bond donors (Lipinski definition) is 0. The van der Waals surface area contributed by atoms with Gasteiger partial charge in [-0.2, -0.15) is 0 Å². The highest BCUT2D eigenvalue weighted by Gasteiger charge is 2.26. The summed E-state index contributed by atoms with van der Waals surface area (Å²) in [6.07, 6.45) is 2.63.